The maximum Gasteiger partial charge on any atom is 0.225 e. The second-order valence-electron chi connectivity index (χ2n) is 7.06. The Balaban J connectivity index is 1.61. The molecule has 1 saturated heterocycles. The van der Waals surface area contributed by atoms with Crippen LogP contribution < -0.4 is 10.2 Å². The molecule has 0 bridgehead atoms. The number of rotatable bonds is 5. The van der Waals surface area contributed by atoms with Crippen LogP contribution in [0.1, 0.15) is 16.8 Å². The summed E-state index contributed by atoms with van der Waals surface area (Å²) in [6, 6.07) is 10.6. The van der Waals surface area contributed by atoms with Crippen molar-refractivity contribution in [1.29, 1.82) is 0 Å². The quantitative estimate of drug-likeness (QED) is 0.647. The second kappa shape index (κ2) is 8.41. The van der Waals surface area contributed by atoms with E-state index in [1.54, 1.807) is 0 Å². The molecule has 1 N–H and O–H groups in total. The van der Waals surface area contributed by atoms with E-state index < -0.39 is 0 Å². The molecule has 0 spiro atoms. The van der Waals surface area contributed by atoms with Crippen LogP contribution in [0.25, 0.3) is 11.0 Å². The number of aryl methyl sites for hydroxylation is 2. The van der Waals surface area contributed by atoms with Crippen molar-refractivity contribution in [3.63, 3.8) is 0 Å². The largest absolute Gasteiger partial charge is 0.378 e. The third kappa shape index (κ3) is 4.25. The van der Waals surface area contributed by atoms with E-state index in [0.717, 1.165) is 53.1 Å². The number of pyridine rings is 1. The van der Waals surface area contributed by atoms with Gasteiger partial charge in [-0.15, -0.1) is 0 Å². The molecule has 1 aliphatic heterocycles. The SMILES string of the molecule is Cc1cccc(CCNc2nc(N3CCOCC3)c3nc(C)c(Br)cc3n2)c1. The van der Waals surface area contributed by atoms with Gasteiger partial charge in [-0.25, -0.2) is 9.97 Å². The minimum Gasteiger partial charge on any atom is -0.378 e. The number of halogens is 1. The van der Waals surface area contributed by atoms with E-state index in [4.69, 9.17) is 19.7 Å². The zero-order valence-corrected chi connectivity index (χ0v) is 17.8. The van der Waals surface area contributed by atoms with Crippen LogP contribution in [-0.2, 0) is 11.2 Å². The number of nitrogens with one attached hydrogen (secondary N) is 1. The Morgan fingerprint density at radius 1 is 1.11 bits per heavy atom. The van der Waals surface area contributed by atoms with Gasteiger partial charge in [-0.2, -0.15) is 4.98 Å². The van der Waals surface area contributed by atoms with Gasteiger partial charge in [0.05, 0.1) is 24.4 Å². The molecule has 1 aromatic carbocycles. The van der Waals surface area contributed by atoms with Gasteiger partial charge in [0.2, 0.25) is 5.95 Å². The number of fused-ring (bicyclic) bond motifs is 1. The van der Waals surface area contributed by atoms with Crippen LogP contribution in [0.5, 0.6) is 0 Å². The van der Waals surface area contributed by atoms with Crippen LogP contribution in [0.15, 0.2) is 34.8 Å². The molecule has 7 heteroatoms. The molecular formula is C21H24BrN5O. The van der Waals surface area contributed by atoms with Gasteiger partial charge in [-0.3, -0.25) is 0 Å². The standard InChI is InChI=1S/C21H24BrN5O/c1-14-4-3-5-16(12-14)6-7-23-21-25-18-13-17(22)15(2)24-19(18)20(26-21)27-8-10-28-11-9-27/h3-5,12-13H,6-11H2,1-2H3,(H,23,25,26). The molecule has 0 atom stereocenters. The fraction of sp³-hybridized carbons (Fsp3) is 0.381. The van der Waals surface area contributed by atoms with Gasteiger partial charge in [0.1, 0.15) is 5.52 Å². The van der Waals surface area contributed by atoms with Crippen molar-refractivity contribution in [2.75, 3.05) is 43.1 Å². The van der Waals surface area contributed by atoms with Gasteiger partial charge in [-0.05, 0) is 47.8 Å². The number of benzene rings is 1. The first-order valence-electron chi connectivity index (χ1n) is 9.57. The molecule has 0 unspecified atom stereocenters. The fourth-order valence-electron chi connectivity index (χ4n) is 3.37. The number of morpholine rings is 1. The lowest BCUT2D eigenvalue weighted by Gasteiger charge is -2.28. The summed E-state index contributed by atoms with van der Waals surface area (Å²) >= 11 is 3.57. The van der Waals surface area contributed by atoms with Crippen molar-refractivity contribution in [3.8, 4) is 0 Å². The van der Waals surface area contributed by atoms with Crippen LogP contribution in [-0.4, -0.2) is 47.8 Å². The van der Waals surface area contributed by atoms with Crippen molar-refractivity contribution >= 4 is 38.7 Å². The summed E-state index contributed by atoms with van der Waals surface area (Å²) in [4.78, 5) is 16.5. The number of ether oxygens (including phenoxy) is 1. The molecule has 146 valence electrons. The van der Waals surface area contributed by atoms with Crippen LogP contribution in [0.4, 0.5) is 11.8 Å². The van der Waals surface area contributed by atoms with Crippen LogP contribution in [0.3, 0.4) is 0 Å². The number of aromatic nitrogens is 3. The van der Waals surface area contributed by atoms with E-state index in [1.165, 1.54) is 11.1 Å². The Hall–Kier alpha value is -2.25. The summed E-state index contributed by atoms with van der Waals surface area (Å²) in [7, 11) is 0. The molecule has 1 fully saturated rings. The molecule has 6 nitrogen and oxygen atoms in total. The predicted octanol–water partition coefficient (Wildman–Crippen LogP) is 3.90. The highest BCUT2D eigenvalue weighted by Crippen LogP contribution is 2.28. The lowest BCUT2D eigenvalue weighted by Crippen LogP contribution is -2.37. The van der Waals surface area contributed by atoms with E-state index in [-0.39, 0.29) is 0 Å². The Bertz CT molecular complexity index is 988. The van der Waals surface area contributed by atoms with E-state index >= 15 is 0 Å². The summed E-state index contributed by atoms with van der Waals surface area (Å²) in [5, 5.41) is 3.40. The zero-order chi connectivity index (χ0) is 19.5. The molecule has 0 amide bonds. The molecule has 0 saturated carbocycles. The minimum atomic E-state index is 0.638. The zero-order valence-electron chi connectivity index (χ0n) is 16.2. The summed E-state index contributed by atoms with van der Waals surface area (Å²) in [5.41, 5.74) is 5.20. The number of hydrogen-bond acceptors (Lipinski definition) is 6. The fourth-order valence-corrected chi connectivity index (χ4v) is 3.68. The third-order valence-corrected chi connectivity index (χ3v) is 5.67. The topological polar surface area (TPSA) is 63.2 Å². The second-order valence-corrected chi connectivity index (χ2v) is 7.91. The maximum absolute atomic E-state index is 5.50. The lowest BCUT2D eigenvalue weighted by molar-refractivity contribution is 0.122. The van der Waals surface area contributed by atoms with Crippen molar-refractivity contribution in [3.05, 3.63) is 51.6 Å². The summed E-state index contributed by atoms with van der Waals surface area (Å²) in [6.45, 7) is 7.91. The molecule has 0 aliphatic carbocycles. The van der Waals surface area contributed by atoms with E-state index in [0.29, 0.717) is 19.2 Å². The molecule has 3 heterocycles. The highest BCUT2D eigenvalue weighted by Gasteiger charge is 2.19. The predicted molar refractivity (Wildman–Crippen MR) is 116 cm³/mol. The van der Waals surface area contributed by atoms with Crippen LogP contribution >= 0.6 is 15.9 Å². The van der Waals surface area contributed by atoms with Crippen LogP contribution in [0.2, 0.25) is 0 Å². The van der Waals surface area contributed by atoms with Crippen molar-refractivity contribution < 1.29 is 4.74 Å². The number of hydrogen-bond donors (Lipinski definition) is 1. The normalized spacial score (nSPS) is 14.5. The Labute approximate surface area is 173 Å². The lowest BCUT2D eigenvalue weighted by atomic mass is 10.1. The minimum absolute atomic E-state index is 0.638. The highest BCUT2D eigenvalue weighted by molar-refractivity contribution is 9.10. The smallest absolute Gasteiger partial charge is 0.225 e. The summed E-state index contributed by atoms with van der Waals surface area (Å²) in [5.74, 6) is 1.51. The first-order chi connectivity index (χ1) is 13.6. The van der Waals surface area contributed by atoms with Gasteiger partial charge in [-0.1, -0.05) is 29.8 Å². The van der Waals surface area contributed by atoms with Crippen molar-refractivity contribution in [1.82, 2.24) is 15.0 Å². The Morgan fingerprint density at radius 2 is 1.93 bits per heavy atom. The van der Waals surface area contributed by atoms with Gasteiger partial charge >= 0.3 is 0 Å². The highest BCUT2D eigenvalue weighted by atomic mass is 79.9. The summed E-state index contributed by atoms with van der Waals surface area (Å²) < 4.78 is 6.46. The van der Waals surface area contributed by atoms with E-state index in [1.807, 2.05) is 13.0 Å². The maximum atomic E-state index is 5.50. The number of nitrogens with zero attached hydrogens (tertiary/aromatic N) is 4. The molecular weight excluding hydrogens is 418 g/mol. The average Bonchev–Trinajstić information content (AvgIpc) is 2.69. The molecule has 1 aliphatic rings. The van der Waals surface area contributed by atoms with Gasteiger partial charge in [0.15, 0.2) is 5.82 Å². The van der Waals surface area contributed by atoms with Gasteiger partial charge < -0.3 is 15.0 Å². The first kappa shape index (κ1) is 19.1. The van der Waals surface area contributed by atoms with Gasteiger partial charge in [0, 0.05) is 24.1 Å². The van der Waals surface area contributed by atoms with Crippen molar-refractivity contribution in [2.45, 2.75) is 20.3 Å². The van der Waals surface area contributed by atoms with Crippen molar-refractivity contribution in [2.24, 2.45) is 0 Å². The van der Waals surface area contributed by atoms with Crippen LogP contribution in [0, 0.1) is 13.8 Å². The summed E-state index contributed by atoms with van der Waals surface area (Å²) in [6.07, 6.45) is 0.922. The Kier molecular flexibility index (Phi) is 5.73. The molecule has 0 radical (unpaired) electrons. The first-order valence-corrected chi connectivity index (χ1v) is 10.4. The van der Waals surface area contributed by atoms with Gasteiger partial charge in [0.25, 0.3) is 0 Å². The molecule has 3 aromatic rings. The van der Waals surface area contributed by atoms with E-state index in [2.05, 4.69) is 57.3 Å². The molecule has 28 heavy (non-hydrogen) atoms. The molecule has 4 rings (SSSR count). The Morgan fingerprint density at radius 3 is 2.71 bits per heavy atom. The number of anilines is 2. The third-order valence-electron chi connectivity index (χ3n) is 4.87. The molecule has 2 aromatic heterocycles. The average molecular weight is 442 g/mol. The van der Waals surface area contributed by atoms with E-state index in [9.17, 15) is 0 Å². The monoisotopic (exact) mass is 441 g/mol.